The molecule has 1 aliphatic heterocycles. The second-order valence-electron chi connectivity index (χ2n) is 6.14. The number of amides is 1. The third-order valence-electron chi connectivity index (χ3n) is 4.40. The van der Waals surface area contributed by atoms with Crippen LogP contribution in [0.1, 0.15) is 34.9 Å². The lowest BCUT2D eigenvalue weighted by atomic mass is 9.97. The molecular weight excluding hydrogens is 361 g/mol. The van der Waals surface area contributed by atoms with E-state index >= 15 is 0 Å². The van der Waals surface area contributed by atoms with Gasteiger partial charge in [0.25, 0.3) is 11.8 Å². The highest BCUT2D eigenvalue weighted by Gasteiger charge is 2.29. The van der Waals surface area contributed by atoms with E-state index in [0.717, 1.165) is 19.0 Å². The smallest absolute Gasteiger partial charge is 0.274 e. The van der Waals surface area contributed by atoms with Crippen LogP contribution in [0.15, 0.2) is 35.2 Å². The SMILES string of the molecule is O=C(c1ccncc1F)N1CCCC(c2noc(-c3cc(Cl)c[nH]3)n2)C1. The molecule has 0 aliphatic carbocycles. The van der Waals surface area contributed by atoms with E-state index in [-0.39, 0.29) is 17.4 Å². The summed E-state index contributed by atoms with van der Waals surface area (Å²) in [5, 5.41) is 4.59. The van der Waals surface area contributed by atoms with Crippen LogP contribution in [0.5, 0.6) is 0 Å². The number of carbonyl (C=O) groups is 1. The number of likely N-dealkylation sites (tertiary alicyclic amines) is 1. The van der Waals surface area contributed by atoms with Gasteiger partial charge in [-0.3, -0.25) is 9.78 Å². The van der Waals surface area contributed by atoms with Gasteiger partial charge in [0.05, 0.1) is 16.8 Å². The predicted molar refractivity (Wildman–Crippen MR) is 91.2 cm³/mol. The molecule has 1 aliphatic rings. The molecule has 0 radical (unpaired) electrons. The monoisotopic (exact) mass is 375 g/mol. The van der Waals surface area contributed by atoms with Crippen LogP contribution in [0.25, 0.3) is 11.6 Å². The topological polar surface area (TPSA) is 87.9 Å². The Labute approximate surface area is 153 Å². The van der Waals surface area contributed by atoms with Crippen molar-refractivity contribution in [2.75, 3.05) is 13.1 Å². The maximum absolute atomic E-state index is 13.8. The molecule has 1 fully saturated rings. The van der Waals surface area contributed by atoms with Crippen molar-refractivity contribution < 1.29 is 13.7 Å². The zero-order valence-electron chi connectivity index (χ0n) is 13.7. The van der Waals surface area contributed by atoms with Gasteiger partial charge in [0.1, 0.15) is 5.69 Å². The van der Waals surface area contributed by atoms with Gasteiger partial charge >= 0.3 is 0 Å². The quantitative estimate of drug-likeness (QED) is 0.759. The highest BCUT2D eigenvalue weighted by molar-refractivity contribution is 6.30. The lowest BCUT2D eigenvalue weighted by Crippen LogP contribution is -2.39. The molecule has 3 aromatic heterocycles. The van der Waals surface area contributed by atoms with Crippen LogP contribution in [-0.4, -0.2) is 44.0 Å². The van der Waals surface area contributed by atoms with Crippen molar-refractivity contribution in [3.8, 4) is 11.6 Å². The van der Waals surface area contributed by atoms with Gasteiger partial charge in [0.2, 0.25) is 0 Å². The summed E-state index contributed by atoms with van der Waals surface area (Å²) in [6.07, 6.45) is 5.69. The van der Waals surface area contributed by atoms with Crippen LogP contribution in [0.4, 0.5) is 4.39 Å². The zero-order chi connectivity index (χ0) is 18.1. The van der Waals surface area contributed by atoms with E-state index in [1.165, 1.54) is 12.3 Å². The van der Waals surface area contributed by atoms with E-state index in [1.807, 2.05) is 0 Å². The molecule has 0 spiro atoms. The number of halogens is 2. The third-order valence-corrected chi connectivity index (χ3v) is 4.61. The molecule has 0 bridgehead atoms. The largest absolute Gasteiger partial charge is 0.356 e. The number of nitrogens with one attached hydrogen (secondary N) is 1. The molecule has 9 heteroatoms. The van der Waals surface area contributed by atoms with Crippen molar-refractivity contribution in [1.82, 2.24) is 25.0 Å². The number of aromatic amines is 1. The minimum atomic E-state index is -0.620. The summed E-state index contributed by atoms with van der Waals surface area (Å²) < 4.78 is 19.1. The van der Waals surface area contributed by atoms with Crippen molar-refractivity contribution in [3.05, 3.63) is 53.0 Å². The lowest BCUT2D eigenvalue weighted by molar-refractivity contribution is 0.0698. The molecule has 0 saturated carbocycles. The van der Waals surface area contributed by atoms with Gasteiger partial charge in [-0.05, 0) is 25.0 Å². The summed E-state index contributed by atoms with van der Waals surface area (Å²) >= 11 is 5.89. The predicted octanol–water partition coefficient (Wildman–Crippen LogP) is 3.27. The van der Waals surface area contributed by atoms with Crippen LogP contribution in [-0.2, 0) is 0 Å². The van der Waals surface area contributed by atoms with Crippen molar-refractivity contribution in [3.63, 3.8) is 0 Å². The zero-order valence-corrected chi connectivity index (χ0v) is 14.4. The number of hydrogen-bond acceptors (Lipinski definition) is 5. The van der Waals surface area contributed by atoms with Crippen molar-refractivity contribution in [1.29, 1.82) is 0 Å². The van der Waals surface area contributed by atoms with Crippen LogP contribution in [0.3, 0.4) is 0 Å². The van der Waals surface area contributed by atoms with Gasteiger partial charge in [-0.1, -0.05) is 16.8 Å². The van der Waals surface area contributed by atoms with Crippen molar-refractivity contribution in [2.24, 2.45) is 0 Å². The number of H-pyrrole nitrogens is 1. The van der Waals surface area contributed by atoms with Crippen LogP contribution in [0.2, 0.25) is 5.02 Å². The minimum Gasteiger partial charge on any atom is -0.356 e. The highest BCUT2D eigenvalue weighted by Crippen LogP contribution is 2.28. The second kappa shape index (κ2) is 6.87. The molecule has 4 heterocycles. The van der Waals surface area contributed by atoms with E-state index in [1.54, 1.807) is 17.2 Å². The molecule has 1 atom stereocenters. The third kappa shape index (κ3) is 3.20. The Bertz CT molecular complexity index is 941. The molecule has 1 unspecified atom stereocenters. The van der Waals surface area contributed by atoms with Crippen molar-refractivity contribution in [2.45, 2.75) is 18.8 Å². The molecule has 4 rings (SSSR count). The average Bonchev–Trinajstić information content (AvgIpc) is 3.31. The normalized spacial score (nSPS) is 17.5. The van der Waals surface area contributed by atoms with Gasteiger partial charge in [-0.2, -0.15) is 4.98 Å². The molecule has 7 nitrogen and oxygen atoms in total. The molecule has 1 amide bonds. The minimum absolute atomic E-state index is 0.0236. The first kappa shape index (κ1) is 16.7. The Morgan fingerprint density at radius 2 is 2.35 bits per heavy atom. The fraction of sp³-hybridized carbons (Fsp3) is 0.294. The Morgan fingerprint density at radius 3 is 3.12 bits per heavy atom. The summed E-state index contributed by atoms with van der Waals surface area (Å²) in [6.45, 7) is 0.971. The van der Waals surface area contributed by atoms with E-state index in [2.05, 4.69) is 20.1 Å². The number of rotatable bonds is 3. The Morgan fingerprint density at radius 1 is 1.46 bits per heavy atom. The molecule has 26 heavy (non-hydrogen) atoms. The Kier molecular flexibility index (Phi) is 4.42. The van der Waals surface area contributed by atoms with Crippen LogP contribution in [0, 0.1) is 5.82 Å². The van der Waals surface area contributed by atoms with Crippen molar-refractivity contribution >= 4 is 17.5 Å². The molecule has 1 saturated heterocycles. The Hall–Kier alpha value is -2.74. The molecule has 0 aromatic carbocycles. The van der Waals surface area contributed by atoms with Crippen LogP contribution >= 0.6 is 11.6 Å². The first-order valence-electron chi connectivity index (χ1n) is 8.18. The number of piperidine rings is 1. The van der Waals surface area contributed by atoms with Crippen LogP contribution < -0.4 is 0 Å². The van der Waals surface area contributed by atoms with E-state index in [0.29, 0.717) is 35.5 Å². The second-order valence-corrected chi connectivity index (χ2v) is 6.57. The van der Waals surface area contributed by atoms with E-state index in [9.17, 15) is 9.18 Å². The summed E-state index contributed by atoms with van der Waals surface area (Å²) in [6, 6.07) is 3.09. The fourth-order valence-electron chi connectivity index (χ4n) is 3.09. The number of nitrogens with zero attached hydrogens (tertiary/aromatic N) is 4. The first-order chi connectivity index (χ1) is 12.6. The maximum atomic E-state index is 13.8. The van der Waals surface area contributed by atoms with Gasteiger partial charge in [-0.15, -0.1) is 0 Å². The summed E-state index contributed by atoms with van der Waals surface area (Å²) in [5.74, 6) is -0.172. The standard InChI is InChI=1S/C17H15ClFN5O2/c18-11-6-14(21-7-11)16-22-15(23-26-16)10-2-1-5-24(9-10)17(25)12-3-4-20-8-13(12)19/h3-4,6-8,10,21H,1-2,5,9H2. The molecule has 134 valence electrons. The number of hydrogen-bond donors (Lipinski definition) is 1. The average molecular weight is 376 g/mol. The number of aromatic nitrogens is 4. The maximum Gasteiger partial charge on any atom is 0.274 e. The number of carbonyl (C=O) groups excluding carboxylic acids is 1. The van der Waals surface area contributed by atoms with Gasteiger partial charge < -0.3 is 14.4 Å². The lowest BCUT2D eigenvalue weighted by Gasteiger charge is -2.31. The summed E-state index contributed by atoms with van der Waals surface area (Å²) in [5.41, 5.74) is 0.659. The summed E-state index contributed by atoms with van der Waals surface area (Å²) in [7, 11) is 0. The number of pyridine rings is 1. The first-order valence-corrected chi connectivity index (χ1v) is 8.56. The molecule has 1 N–H and O–H groups in total. The van der Waals surface area contributed by atoms with Gasteiger partial charge in [0.15, 0.2) is 11.6 Å². The fourth-order valence-corrected chi connectivity index (χ4v) is 3.26. The van der Waals surface area contributed by atoms with E-state index in [4.69, 9.17) is 16.1 Å². The van der Waals surface area contributed by atoms with Gasteiger partial charge in [-0.25, -0.2) is 4.39 Å². The molecular formula is C17H15ClFN5O2. The van der Waals surface area contributed by atoms with E-state index < -0.39 is 5.82 Å². The summed E-state index contributed by atoms with van der Waals surface area (Å²) in [4.78, 5) is 25.3. The van der Waals surface area contributed by atoms with Gasteiger partial charge in [0, 0.05) is 31.4 Å². The highest BCUT2D eigenvalue weighted by atomic mass is 35.5. The molecule has 3 aromatic rings. The Balaban J connectivity index is 1.51.